The van der Waals surface area contributed by atoms with Gasteiger partial charge in [-0.2, -0.15) is 15.8 Å². The Morgan fingerprint density at radius 3 is 2.18 bits per heavy atom. The molecule has 2 unspecified atom stereocenters. The van der Waals surface area contributed by atoms with E-state index < -0.39 is 28.9 Å². The van der Waals surface area contributed by atoms with Crippen molar-refractivity contribution in [3.8, 4) is 29.7 Å². The Morgan fingerprint density at radius 2 is 1.71 bits per heavy atom. The normalized spacial score (nSPS) is 21.2. The molecule has 0 saturated carbocycles. The van der Waals surface area contributed by atoms with Crippen LogP contribution in [-0.4, -0.2) is 43.9 Å². The fraction of sp³-hybridized carbons (Fsp3) is 0.440. The average Bonchev–Trinajstić information content (AvgIpc) is 2.81. The van der Waals surface area contributed by atoms with Crippen molar-refractivity contribution < 1.29 is 19.0 Å². The van der Waals surface area contributed by atoms with Gasteiger partial charge in [0, 0.05) is 31.0 Å². The third kappa shape index (κ3) is 4.11. The second kappa shape index (κ2) is 9.00. The highest BCUT2D eigenvalue weighted by Gasteiger charge is 2.55. The Kier molecular flexibility index (Phi) is 6.48. The highest BCUT2D eigenvalue weighted by Crippen LogP contribution is 2.55. The summed E-state index contributed by atoms with van der Waals surface area (Å²) in [5.74, 6) is -0.435. The van der Waals surface area contributed by atoms with Gasteiger partial charge in [0.25, 0.3) is 0 Å². The molecule has 34 heavy (non-hydrogen) atoms. The van der Waals surface area contributed by atoms with Gasteiger partial charge in [0.15, 0.2) is 5.41 Å². The molecule has 0 spiro atoms. The van der Waals surface area contributed by atoms with Crippen molar-refractivity contribution in [3.63, 3.8) is 0 Å². The summed E-state index contributed by atoms with van der Waals surface area (Å²) in [5.41, 5.74) is 4.98. The van der Waals surface area contributed by atoms with E-state index in [9.17, 15) is 20.6 Å². The van der Waals surface area contributed by atoms with Gasteiger partial charge in [-0.05, 0) is 44.0 Å². The zero-order chi connectivity index (χ0) is 25.3. The Hall–Kier alpha value is -4.16. The second-order valence-corrected chi connectivity index (χ2v) is 9.21. The molecule has 176 valence electrons. The first-order chi connectivity index (χ1) is 16.0. The van der Waals surface area contributed by atoms with Gasteiger partial charge in [0.2, 0.25) is 0 Å². The van der Waals surface area contributed by atoms with Crippen molar-refractivity contribution in [3.05, 3.63) is 46.7 Å². The highest BCUT2D eigenvalue weighted by atomic mass is 16.6. The molecule has 2 N–H and O–H groups in total. The van der Waals surface area contributed by atoms with Crippen LogP contribution in [0.4, 0.5) is 4.79 Å². The molecule has 2 aliphatic rings. The lowest BCUT2D eigenvalue weighted by molar-refractivity contribution is 0.0224. The molecule has 1 amide bonds. The van der Waals surface area contributed by atoms with Crippen molar-refractivity contribution in [2.75, 3.05) is 27.3 Å². The van der Waals surface area contributed by atoms with Crippen LogP contribution in [0.1, 0.15) is 32.3 Å². The summed E-state index contributed by atoms with van der Waals surface area (Å²) in [4.78, 5) is 14.4. The number of ether oxygens (including phenoxy) is 3. The molecular formula is C25H27N5O4. The van der Waals surface area contributed by atoms with E-state index in [2.05, 4.69) is 18.2 Å². The topological polar surface area (TPSA) is 145 Å². The number of nitrogens with zero attached hydrogens (tertiary/aromatic N) is 4. The summed E-state index contributed by atoms with van der Waals surface area (Å²) in [5, 5.41) is 30.4. The molecular weight excluding hydrogens is 434 g/mol. The van der Waals surface area contributed by atoms with Crippen molar-refractivity contribution in [2.45, 2.75) is 32.3 Å². The van der Waals surface area contributed by atoms with E-state index in [0.29, 0.717) is 22.6 Å². The Bertz CT molecular complexity index is 1150. The highest BCUT2D eigenvalue weighted by molar-refractivity contribution is 5.70. The van der Waals surface area contributed by atoms with Gasteiger partial charge in [0.05, 0.1) is 37.6 Å². The number of carbonyl (C=O) groups is 1. The van der Waals surface area contributed by atoms with Crippen LogP contribution in [0, 0.1) is 45.3 Å². The van der Waals surface area contributed by atoms with E-state index in [4.69, 9.17) is 19.9 Å². The van der Waals surface area contributed by atoms with E-state index in [1.54, 1.807) is 45.0 Å². The fourth-order valence-corrected chi connectivity index (χ4v) is 4.54. The average molecular weight is 462 g/mol. The number of nitriles is 3. The van der Waals surface area contributed by atoms with Crippen molar-refractivity contribution in [1.82, 2.24) is 4.90 Å². The van der Waals surface area contributed by atoms with Crippen molar-refractivity contribution in [1.29, 1.82) is 15.8 Å². The molecule has 1 aromatic rings. The van der Waals surface area contributed by atoms with Crippen molar-refractivity contribution in [2.24, 2.45) is 17.1 Å². The monoisotopic (exact) mass is 461 g/mol. The molecule has 0 aromatic heterocycles. The number of allylic oxidation sites excluding steroid dienone is 2. The second-order valence-electron chi connectivity index (χ2n) is 9.21. The number of hydrogen-bond acceptors (Lipinski definition) is 8. The molecule has 1 aliphatic carbocycles. The molecule has 3 rings (SSSR count). The molecule has 9 heteroatoms. The zero-order valence-electron chi connectivity index (χ0n) is 19.9. The van der Waals surface area contributed by atoms with Crippen LogP contribution in [0.25, 0.3) is 0 Å². The Morgan fingerprint density at radius 1 is 1.12 bits per heavy atom. The largest absolute Gasteiger partial charge is 0.497 e. The number of benzene rings is 1. The number of amides is 1. The number of carbonyl (C=O) groups excluding carboxylic acids is 1. The first-order valence-electron chi connectivity index (χ1n) is 10.7. The summed E-state index contributed by atoms with van der Waals surface area (Å²) < 4.78 is 16.3. The van der Waals surface area contributed by atoms with Gasteiger partial charge in [-0.15, -0.1) is 0 Å². The van der Waals surface area contributed by atoms with Gasteiger partial charge in [0.1, 0.15) is 23.2 Å². The van der Waals surface area contributed by atoms with Gasteiger partial charge in [-0.1, -0.05) is 6.08 Å². The van der Waals surface area contributed by atoms with Crippen LogP contribution in [0.2, 0.25) is 0 Å². The number of methoxy groups -OCH3 is 2. The maximum atomic E-state index is 12.9. The lowest BCUT2D eigenvalue weighted by Gasteiger charge is -2.45. The number of hydrogen-bond donors (Lipinski definition) is 1. The molecule has 1 aliphatic heterocycles. The van der Waals surface area contributed by atoms with E-state index in [1.165, 1.54) is 19.1 Å². The maximum Gasteiger partial charge on any atom is 0.410 e. The third-order valence-corrected chi connectivity index (χ3v) is 6.05. The van der Waals surface area contributed by atoms with Gasteiger partial charge >= 0.3 is 6.09 Å². The summed E-state index contributed by atoms with van der Waals surface area (Å²) in [6, 6.07) is 11.3. The summed E-state index contributed by atoms with van der Waals surface area (Å²) >= 11 is 0. The quantitative estimate of drug-likeness (QED) is 0.721. The van der Waals surface area contributed by atoms with Crippen LogP contribution in [-0.2, 0) is 4.74 Å². The molecule has 1 aromatic carbocycles. The summed E-state index contributed by atoms with van der Waals surface area (Å²) in [7, 11) is 3.00. The standard InChI is InChI=1S/C25H27N5O4/c1-24(2,3)34-23(31)30-7-6-18-19(11-26)22(29)25(13-27,14-28)21(20(18)12-30)15-8-16(32-4)10-17(9-15)33-5/h6,8-10,20-21H,7,12,29H2,1-5H3. The fourth-order valence-electron chi connectivity index (χ4n) is 4.54. The van der Waals surface area contributed by atoms with Crippen LogP contribution >= 0.6 is 0 Å². The lowest BCUT2D eigenvalue weighted by atomic mass is 9.58. The van der Waals surface area contributed by atoms with E-state index in [1.807, 2.05) is 0 Å². The third-order valence-electron chi connectivity index (χ3n) is 6.05. The molecule has 1 heterocycles. The first-order valence-corrected chi connectivity index (χ1v) is 10.7. The van der Waals surface area contributed by atoms with E-state index >= 15 is 0 Å². The van der Waals surface area contributed by atoms with Crippen LogP contribution < -0.4 is 15.2 Å². The molecule has 0 fully saturated rings. The lowest BCUT2D eigenvalue weighted by Crippen LogP contribution is -2.50. The molecule has 0 bridgehead atoms. The number of rotatable bonds is 3. The zero-order valence-corrected chi connectivity index (χ0v) is 19.9. The first kappa shape index (κ1) is 24.5. The van der Waals surface area contributed by atoms with E-state index in [0.717, 1.165) is 0 Å². The molecule has 0 radical (unpaired) electrons. The smallest absolute Gasteiger partial charge is 0.410 e. The van der Waals surface area contributed by atoms with Crippen molar-refractivity contribution >= 4 is 6.09 Å². The minimum atomic E-state index is -1.85. The van der Waals surface area contributed by atoms with Gasteiger partial charge in [-0.3, -0.25) is 0 Å². The minimum absolute atomic E-state index is 0.0972. The minimum Gasteiger partial charge on any atom is -0.497 e. The Balaban J connectivity index is 2.25. The number of fused-ring (bicyclic) bond motifs is 1. The molecule has 2 atom stereocenters. The van der Waals surface area contributed by atoms with Gasteiger partial charge < -0.3 is 24.8 Å². The predicted molar refractivity (Wildman–Crippen MR) is 122 cm³/mol. The SMILES string of the molecule is COc1cc(OC)cc(C2C3CN(C(=O)OC(C)(C)C)CC=C3C(C#N)=C(N)C2(C#N)C#N)c1. The van der Waals surface area contributed by atoms with Crippen LogP contribution in [0.15, 0.2) is 41.1 Å². The Labute approximate surface area is 199 Å². The molecule has 0 saturated heterocycles. The predicted octanol–water partition coefficient (Wildman–Crippen LogP) is 3.36. The maximum absolute atomic E-state index is 12.9. The van der Waals surface area contributed by atoms with Crippen LogP contribution in [0.3, 0.4) is 0 Å². The molecule has 9 nitrogen and oxygen atoms in total. The number of nitrogens with two attached hydrogens (primary N) is 1. The van der Waals surface area contributed by atoms with Gasteiger partial charge in [-0.25, -0.2) is 4.79 Å². The summed E-state index contributed by atoms with van der Waals surface area (Å²) in [6.45, 7) is 5.66. The summed E-state index contributed by atoms with van der Waals surface area (Å²) in [6.07, 6.45) is 1.22. The van der Waals surface area contributed by atoms with E-state index in [-0.39, 0.29) is 24.4 Å². The van der Waals surface area contributed by atoms with Crippen LogP contribution in [0.5, 0.6) is 11.5 Å².